The molecule has 2 rings (SSSR count). The number of aliphatic hydroxyl groups is 1. The summed E-state index contributed by atoms with van der Waals surface area (Å²) >= 11 is 0. The minimum Gasteiger partial charge on any atom is -0.497 e. The van der Waals surface area contributed by atoms with E-state index in [1.807, 2.05) is 18.2 Å². The van der Waals surface area contributed by atoms with Crippen LogP contribution in [0, 0.1) is 0 Å². The van der Waals surface area contributed by atoms with Crippen LogP contribution in [0.1, 0.15) is 23.5 Å². The molecule has 0 radical (unpaired) electrons. The van der Waals surface area contributed by atoms with Gasteiger partial charge in [0.25, 0.3) is 0 Å². The van der Waals surface area contributed by atoms with Crippen LogP contribution in [0.25, 0.3) is 0 Å². The highest BCUT2D eigenvalue weighted by atomic mass is 16.5. The first-order valence-corrected chi connectivity index (χ1v) is 5.60. The first-order chi connectivity index (χ1) is 8.17. The van der Waals surface area contributed by atoms with Gasteiger partial charge in [-0.05, 0) is 36.1 Å². The van der Waals surface area contributed by atoms with Crippen molar-refractivity contribution < 1.29 is 19.4 Å². The molecule has 0 heterocycles. The third kappa shape index (κ3) is 2.13. The van der Waals surface area contributed by atoms with Crippen LogP contribution in [-0.4, -0.2) is 31.4 Å². The SMILES string of the molecule is COC(=O)C(O)C1CCc2ccc(OC)cc21. The summed E-state index contributed by atoms with van der Waals surface area (Å²) in [6.45, 7) is 0. The molecule has 1 N–H and O–H groups in total. The van der Waals surface area contributed by atoms with Gasteiger partial charge in [0.15, 0.2) is 6.10 Å². The Morgan fingerprint density at radius 1 is 1.47 bits per heavy atom. The maximum Gasteiger partial charge on any atom is 0.335 e. The molecule has 4 nitrogen and oxygen atoms in total. The molecular formula is C13H16O4. The molecule has 0 saturated heterocycles. The van der Waals surface area contributed by atoms with Gasteiger partial charge in [-0.3, -0.25) is 0 Å². The molecule has 0 fully saturated rings. The molecule has 4 heteroatoms. The van der Waals surface area contributed by atoms with Gasteiger partial charge in [0.05, 0.1) is 14.2 Å². The molecule has 0 bridgehead atoms. The van der Waals surface area contributed by atoms with Crippen LogP contribution in [0.15, 0.2) is 18.2 Å². The average molecular weight is 236 g/mol. The van der Waals surface area contributed by atoms with Crippen molar-refractivity contribution in [2.75, 3.05) is 14.2 Å². The normalized spacial score (nSPS) is 19.6. The van der Waals surface area contributed by atoms with Crippen molar-refractivity contribution >= 4 is 5.97 Å². The van der Waals surface area contributed by atoms with Crippen molar-refractivity contribution in [3.8, 4) is 5.75 Å². The number of carbonyl (C=O) groups is 1. The van der Waals surface area contributed by atoms with E-state index in [2.05, 4.69) is 4.74 Å². The fraction of sp³-hybridized carbons (Fsp3) is 0.462. The van der Waals surface area contributed by atoms with Crippen LogP contribution in [-0.2, 0) is 16.0 Å². The van der Waals surface area contributed by atoms with Crippen molar-refractivity contribution in [2.45, 2.75) is 24.9 Å². The van der Waals surface area contributed by atoms with Gasteiger partial charge in [-0.2, -0.15) is 0 Å². The van der Waals surface area contributed by atoms with E-state index in [-0.39, 0.29) is 5.92 Å². The van der Waals surface area contributed by atoms with E-state index >= 15 is 0 Å². The Morgan fingerprint density at radius 3 is 2.88 bits per heavy atom. The Balaban J connectivity index is 2.29. The van der Waals surface area contributed by atoms with Crippen LogP contribution in [0.5, 0.6) is 5.75 Å². The highest BCUT2D eigenvalue weighted by Gasteiger charge is 2.33. The Morgan fingerprint density at radius 2 is 2.24 bits per heavy atom. The summed E-state index contributed by atoms with van der Waals surface area (Å²) in [5.74, 6) is -0.0223. The van der Waals surface area contributed by atoms with Crippen molar-refractivity contribution in [1.82, 2.24) is 0 Å². The number of benzene rings is 1. The summed E-state index contributed by atoms with van der Waals surface area (Å²) in [4.78, 5) is 11.4. The Labute approximate surface area is 100 Å². The van der Waals surface area contributed by atoms with Crippen LogP contribution in [0.2, 0.25) is 0 Å². The van der Waals surface area contributed by atoms with Crippen LogP contribution in [0.3, 0.4) is 0 Å². The van der Waals surface area contributed by atoms with E-state index in [0.29, 0.717) is 0 Å². The van der Waals surface area contributed by atoms with Crippen LogP contribution in [0.4, 0.5) is 0 Å². The van der Waals surface area contributed by atoms with Crippen molar-refractivity contribution in [3.05, 3.63) is 29.3 Å². The lowest BCUT2D eigenvalue weighted by Crippen LogP contribution is -2.27. The number of methoxy groups -OCH3 is 2. The fourth-order valence-electron chi connectivity index (χ4n) is 2.35. The number of rotatable bonds is 3. The second-order valence-electron chi connectivity index (χ2n) is 4.18. The molecule has 92 valence electrons. The molecule has 0 saturated carbocycles. The molecule has 1 aromatic rings. The van der Waals surface area contributed by atoms with Gasteiger partial charge >= 0.3 is 5.97 Å². The number of ether oxygens (including phenoxy) is 2. The Hall–Kier alpha value is -1.55. The second-order valence-corrected chi connectivity index (χ2v) is 4.18. The minimum atomic E-state index is -1.09. The van der Waals surface area contributed by atoms with Crippen molar-refractivity contribution in [2.24, 2.45) is 0 Å². The molecule has 0 aliphatic heterocycles. The zero-order valence-electron chi connectivity index (χ0n) is 9.97. The number of fused-ring (bicyclic) bond motifs is 1. The summed E-state index contributed by atoms with van der Waals surface area (Å²) in [5, 5.41) is 9.91. The van der Waals surface area contributed by atoms with Gasteiger partial charge in [-0.1, -0.05) is 6.07 Å². The molecular weight excluding hydrogens is 220 g/mol. The van der Waals surface area contributed by atoms with E-state index in [1.54, 1.807) is 7.11 Å². The van der Waals surface area contributed by atoms with E-state index in [4.69, 9.17) is 4.74 Å². The highest BCUT2D eigenvalue weighted by Crippen LogP contribution is 2.37. The van der Waals surface area contributed by atoms with Gasteiger partial charge in [0.2, 0.25) is 0 Å². The van der Waals surface area contributed by atoms with Gasteiger partial charge in [0.1, 0.15) is 5.75 Å². The van der Waals surface area contributed by atoms with Crippen LogP contribution < -0.4 is 4.74 Å². The first-order valence-electron chi connectivity index (χ1n) is 5.60. The number of hydrogen-bond donors (Lipinski definition) is 1. The molecule has 2 unspecified atom stereocenters. The summed E-state index contributed by atoms with van der Waals surface area (Å²) in [6.07, 6.45) is 0.546. The largest absolute Gasteiger partial charge is 0.497 e. The summed E-state index contributed by atoms with van der Waals surface area (Å²) in [6, 6.07) is 5.77. The molecule has 0 aromatic heterocycles. The maximum atomic E-state index is 11.4. The van der Waals surface area contributed by atoms with E-state index in [0.717, 1.165) is 24.2 Å². The number of aryl methyl sites for hydroxylation is 1. The Bertz CT molecular complexity index is 427. The van der Waals surface area contributed by atoms with E-state index in [9.17, 15) is 9.90 Å². The van der Waals surface area contributed by atoms with Crippen LogP contribution >= 0.6 is 0 Å². The topological polar surface area (TPSA) is 55.8 Å². The third-order valence-electron chi connectivity index (χ3n) is 3.30. The summed E-state index contributed by atoms with van der Waals surface area (Å²) in [7, 11) is 2.88. The maximum absolute atomic E-state index is 11.4. The number of esters is 1. The highest BCUT2D eigenvalue weighted by molar-refractivity contribution is 5.76. The molecule has 0 amide bonds. The van der Waals surface area contributed by atoms with Crippen molar-refractivity contribution in [1.29, 1.82) is 0 Å². The lowest BCUT2D eigenvalue weighted by atomic mass is 9.95. The predicted molar refractivity (Wildman–Crippen MR) is 62.1 cm³/mol. The standard InChI is InChI=1S/C13H16O4/c1-16-9-5-3-8-4-6-10(11(8)7-9)12(14)13(15)17-2/h3,5,7,10,12,14H,4,6H2,1-2H3. The molecule has 1 aromatic carbocycles. The number of hydrogen-bond acceptors (Lipinski definition) is 4. The zero-order chi connectivity index (χ0) is 12.4. The lowest BCUT2D eigenvalue weighted by Gasteiger charge is -2.17. The van der Waals surface area contributed by atoms with Gasteiger partial charge in [-0.15, -0.1) is 0 Å². The fourth-order valence-corrected chi connectivity index (χ4v) is 2.35. The summed E-state index contributed by atoms with van der Waals surface area (Å²) in [5.41, 5.74) is 2.15. The molecule has 1 aliphatic carbocycles. The zero-order valence-corrected chi connectivity index (χ0v) is 9.97. The minimum absolute atomic E-state index is 0.187. The Kier molecular flexibility index (Phi) is 3.33. The predicted octanol–water partition coefficient (Wildman–Crippen LogP) is 1.26. The van der Waals surface area contributed by atoms with Gasteiger partial charge in [-0.25, -0.2) is 4.79 Å². The molecule has 17 heavy (non-hydrogen) atoms. The second kappa shape index (κ2) is 4.75. The number of aliphatic hydroxyl groups excluding tert-OH is 1. The van der Waals surface area contributed by atoms with E-state index in [1.165, 1.54) is 12.7 Å². The third-order valence-corrected chi connectivity index (χ3v) is 3.30. The first kappa shape index (κ1) is 11.9. The van der Waals surface area contributed by atoms with Gasteiger partial charge < -0.3 is 14.6 Å². The monoisotopic (exact) mass is 236 g/mol. The smallest absolute Gasteiger partial charge is 0.335 e. The molecule has 0 spiro atoms. The van der Waals surface area contributed by atoms with Gasteiger partial charge in [0, 0.05) is 5.92 Å². The number of carbonyl (C=O) groups excluding carboxylic acids is 1. The average Bonchev–Trinajstić information content (AvgIpc) is 2.79. The summed E-state index contributed by atoms with van der Waals surface area (Å²) < 4.78 is 9.73. The quantitative estimate of drug-likeness (QED) is 0.803. The molecule has 1 aliphatic rings. The molecule has 2 atom stereocenters. The van der Waals surface area contributed by atoms with E-state index < -0.39 is 12.1 Å². The lowest BCUT2D eigenvalue weighted by molar-refractivity contribution is -0.151. The van der Waals surface area contributed by atoms with Crippen molar-refractivity contribution in [3.63, 3.8) is 0 Å².